The molecule has 4 rings (SSSR count). The zero-order valence-corrected chi connectivity index (χ0v) is 16.4. The highest BCUT2D eigenvalue weighted by Gasteiger charge is 2.15. The molecular formula is C19H23N5O2S. The number of nitrogens with zero attached hydrogens (tertiary/aromatic N) is 3. The highest BCUT2D eigenvalue weighted by atomic mass is 32.1. The van der Waals surface area contributed by atoms with E-state index in [1.54, 1.807) is 20.3 Å². The van der Waals surface area contributed by atoms with E-state index < -0.39 is 0 Å². The third kappa shape index (κ3) is 3.62. The number of anilines is 2. The molecule has 0 fully saturated rings. The van der Waals surface area contributed by atoms with Crippen LogP contribution in [0.5, 0.6) is 11.5 Å². The number of hydrogen-bond acceptors (Lipinski definition) is 8. The lowest BCUT2D eigenvalue weighted by molar-refractivity contribution is 0.356. The number of aryl methyl sites for hydroxylation is 2. The maximum Gasteiger partial charge on any atom is 0.225 e. The molecule has 0 atom stereocenters. The molecule has 0 spiro atoms. The lowest BCUT2D eigenvalue weighted by Crippen LogP contribution is -2.09. The zero-order chi connectivity index (χ0) is 18.8. The molecule has 0 unspecified atom stereocenters. The summed E-state index contributed by atoms with van der Waals surface area (Å²) in [6, 6.07) is 3.61. The number of methoxy groups -OCH3 is 2. The van der Waals surface area contributed by atoms with Crippen molar-refractivity contribution in [3.8, 4) is 11.5 Å². The largest absolute Gasteiger partial charge is 0.493 e. The Bertz CT molecular complexity index is 949. The fourth-order valence-corrected chi connectivity index (χ4v) is 4.51. The molecule has 27 heavy (non-hydrogen) atoms. The molecule has 1 aromatic carbocycles. The van der Waals surface area contributed by atoms with Crippen LogP contribution in [0.1, 0.15) is 28.4 Å². The summed E-state index contributed by atoms with van der Waals surface area (Å²) < 4.78 is 10.7. The summed E-state index contributed by atoms with van der Waals surface area (Å²) in [5, 5.41) is 5.18. The molecule has 2 aromatic heterocycles. The number of thiazole rings is 1. The van der Waals surface area contributed by atoms with E-state index in [0.29, 0.717) is 35.3 Å². The molecule has 3 aromatic rings. The normalized spacial score (nSPS) is 13.4. The van der Waals surface area contributed by atoms with E-state index in [1.807, 2.05) is 17.4 Å². The highest BCUT2D eigenvalue weighted by molar-refractivity contribution is 7.11. The van der Waals surface area contributed by atoms with E-state index in [-0.39, 0.29) is 0 Å². The van der Waals surface area contributed by atoms with Crippen LogP contribution in [-0.2, 0) is 19.3 Å². The third-order valence-corrected chi connectivity index (χ3v) is 5.96. The van der Waals surface area contributed by atoms with Crippen molar-refractivity contribution in [2.45, 2.75) is 32.1 Å². The van der Waals surface area contributed by atoms with Gasteiger partial charge in [-0.05, 0) is 31.7 Å². The fourth-order valence-electron chi connectivity index (χ4n) is 3.35. The van der Waals surface area contributed by atoms with Crippen molar-refractivity contribution < 1.29 is 9.47 Å². The van der Waals surface area contributed by atoms with Crippen molar-refractivity contribution >= 4 is 34.0 Å². The second kappa shape index (κ2) is 7.56. The van der Waals surface area contributed by atoms with Gasteiger partial charge in [0.2, 0.25) is 5.95 Å². The summed E-state index contributed by atoms with van der Waals surface area (Å²) in [6.07, 6.45) is 5.69. The number of nitrogens with two attached hydrogens (primary N) is 1. The second-order valence-electron chi connectivity index (χ2n) is 6.52. The van der Waals surface area contributed by atoms with Gasteiger partial charge in [-0.25, -0.2) is 9.97 Å². The van der Waals surface area contributed by atoms with Crippen LogP contribution in [0.25, 0.3) is 10.9 Å². The van der Waals surface area contributed by atoms with Gasteiger partial charge in [-0.15, -0.1) is 11.3 Å². The van der Waals surface area contributed by atoms with Crippen LogP contribution < -0.4 is 20.5 Å². The minimum atomic E-state index is 0.410. The van der Waals surface area contributed by atoms with Gasteiger partial charge in [-0.3, -0.25) is 0 Å². The molecule has 2 heterocycles. The monoisotopic (exact) mass is 385 g/mol. The molecule has 0 amide bonds. The molecule has 0 aliphatic heterocycles. The number of ether oxygens (including phenoxy) is 2. The van der Waals surface area contributed by atoms with Gasteiger partial charge in [-0.2, -0.15) is 4.98 Å². The van der Waals surface area contributed by atoms with Crippen molar-refractivity contribution in [2.75, 3.05) is 31.8 Å². The summed E-state index contributed by atoms with van der Waals surface area (Å²) in [5.74, 6) is 2.14. The first-order valence-corrected chi connectivity index (χ1v) is 9.90. The molecule has 7 nitrogen and oxygen atoms in total. The Morgan fingerprint density at radius 3 is 2.63 bits per heavy atom. The van der Waals surface area contributed by atoms with Gasteiger partial charge in [0.1, 0.15) is 5.82 Å². The van der Waals surface area contributed by atoms with Crippen LogP contribution in [0.3, 0.4) is 0 Å². The zero-order valence-electron chi connectivity index (χ0n) is 15.5. The molecular weight excluding hydrogens is 362 g/mol. The first-order chi connectivity index (χ1) is 13.2. The first-order valence-electron chi connectivity index (χ1n) is 9.08. The SMILES string of the molecule is COc1cc2nc(NCCc3nc4c(s3)CCCC4)nc(N)c2cc1OC. The van der Waals surface area contributed by atoms with Gasteiger partial charge in [0, 0.05) is 29.3 Å². The minimum Gasteiger partial charge on any atom is -0.493 e. The Labute approximate surface area is 162 Å². The Hall–Kier alpha value is -2.61. The van der Waals surface area contributed by atoms with Gasteiger partial charge in [0.15, 0.2) is 11.5 Å². The number of benzene rings is 1. The van der Waals surface area contributed by atoms with Crippen LogP contribution >= 0.6 is 11.3 Å². The van der Waals surface area contributed by atoms with E-state index in [2.05, 4.69) is 15.3 Å². The average molecular weight is 385 g/mol. The number of hydrogen-bond donors (Lipinski definition) is 2. The van der Waals surface area contributed by atoms with E-state index in [4.69, 9.17) is 20.2 Å². The molecule has 0 radical (unpaired) electrons. The Kier molecular flexibility index (Phi) is 4.98. The van der Waals surface area contributed by atoms with Gasteiger partial charge in [0.05, 0.1) is 30.4 Å². The predicted octanol–water partition coefficient (Wildman–Crippen LogP) is 3.22. The number of rotatable bonds is 6. The number of nitrogens with one attached hydrogen (secondary N) is 1. The summed E-state index contributed by atoms with van der Waals surface area (Å²) in [7, 11) is 3.19. The van der Waals surface area contributed by atoms with Gasteiger partial charge in [-0.1, -0.05) is 0 Å². The molecule has 142 valence electrons. The van der Waals surface area contributed by atoms with E-state index >= 15 is 0 Å². The molecule has 1 aliphatic carbocycles. The average Bonchev–Trinajstić information content (AvgIpc) is 3.10. The minimum absolute atomic E-state index is 0.410. The summed E-state index contributed by atoms with van der Waals surface area (Å²) in [4.78, 5) is 15.2. The first kappa shape index (κ1) is 17.8. The maximum atomic E-state index is 6.12. The van der Waals surface area contributed by atoms with Crippen molar-refractivity contribution in [3.63, 3.8) is 0 Å². The number of nitrogen functional groups attached to an aromatic ring is 1. The van der Waals surface area contributed by atoms with Gasteiger partial charge in [0.25, 0.3) is 0 Å². The van der Waals surface area contributed by atoms with Gasteiger partial charge < -0.3 is 20.5 Å². The molecule has 0 bridgehead atoms. The van der Waals surface area contributed by atoms with Crippen molar-refractivity contribution in [1.29, 1.82) is 0 Å². The smallest absolute Gasteiger partial charge is 0.225 e. The van der Waals surface area contributed by atoms with E-state index in [1.165, 1.54) is 34.8 Å². The van der Waals surface area contributed by atoms with Crippen LogP contribution in [0.15, 0.2) is 12.1 Å². The molecule has 8 heteroatoms. The summed E-state index contributed by atoms with van der Waals surface area (Å²) in [5.41, 5.74) is 8.14. The van der Waals surface area contributed by atoms with E-state index in [0.717, 1.165) is 18.2 Å². The van der Waals surface area contributed by atoms with Gasteiger partial charge >= 0.3 is 0 Å². The highest BCUT2D eigenvalue weighted by Crippen LogP contribution is 2.33. The van der Waals surface area contributed by atoms with E-state index in [9.17, 15) is 0 Å². The van der Waals surface area contributed by atoms with Crippen LogP contribution in [-0.4, -0.2) is 35.7 Å². The second-order valence-corrected chi connectivity index (χ2v) is 7.69. The Morgan fingerprint density at radius 1 is 1.07 bits per heavy atom. The summed E-state index contributed by atoms with van der Waals surface area (Å²) in [6.45, 7) is 0.713. The quantitative estimate of drug-likeness (QED) is 0.672. The Balaban J connectivity index is 1.49. The van der Waals surface area contributed by atoms with Crippen LogP contribution in [0.2, 0.25) is 0 Å². The van der Waals surface area contributed by atoms with Crippen molar-refractivity contribution in [1.82, 2.24) is 15.0 Å². The lowest BCUT2D eigenvalue weighted by Gasteiger charge is -2.11. The standard InChI is InChI=1S/C19H23N5O2S/c1-25-14-9-11-13(10-15(14)26-2)23-19(24-18(11)20)21-8-7-17-22-12-5-3-4-6-16(12)27-17/h9-10H,3-8H2,1-2H3,(H3,20,21,23,24). The summed E-state index contributed by atoms with van der Waals surface area (Å²) >= 11 is 1.84. The Morgan fingerprint density at radius 2 is 1.85 bits per heavy atom. The topological polar surface area (TPSA) is 95.2 Å². The predicted molar refractivity (Wildman–Crippen MR) is 108 cm³/mol. The van der Waals surface area contributed by atoms with Crippen LogP contribution in [0, 0.1) is 0 Å². The fraction of sp³-hybridized carbons (Fsp3) is 0.421. The third-order valence-electron chi connectivity index (χ3n) is 4.74. The van der Waals surface area contributed by atoms with Crippen LogP contribution in [0.4, 0.5) is 11.8 Å². The lowest BCUT2D eigenvalue weighted by atomic mass is 10.0. The molecule has 0 saturated carbocycles. The maximum absolute atomic E-state index is 6.12. The molecule has 0 saturated heterocycles. The van der Waals surface area contributed by atoms with Crippen molar-refractivity contribution in [3.05, 3.63) is 27.7 Å². The molecule has 3 N–H and O–H groups in total. The van der Waals surface area contributed by atoms with Crippen molar-refractivity contribution in [2.24, 2.45) is 0 Å². The molecule has 1 aliphatic rings. The number of aromatic nitrogens is 3. The number of fused-ring (bicyclic) bond motifs is 2.